The number of hydrogen-bond donors (Lipinski definition) is 1. The molecule has 1 N–H and O–H groups in total. The molecule has 2 aromatic carbocycles. The molecule has 1 heterocycles. The Hall–Kier alpha value is -3.19. The highest BCUT2D eigenvalue weighted by atomic mass is 16.5. The van der Waals surface area contributed by atoms with Gasteiger partial charge in [0.1, 0.15) is 11.8 Å². The number of hydrogen-bond acceptors (Lipinski definition) is 5. The van der Waals surface area contributed by atoms with Crippen LogP contribution in [-0.2, 0) is 16.1 Å². The Balaban J connectivity index is 1.90. The molecular weight excluding hydrogens is 372 g/mol. The third kappa shape index (κ3) is 4.46. The largest absolute Gasteiger partial charge is 0.482 e. The van der Waals surface area contributed by atoms with Crippen LogP contribution in [0.3, 0.4) is 0 Å². The molecule has 29 heavy (non-hydrogen) atoms. The number of ether oxygens (including phenoxy) is 1. The first kappa shape index (κ1) is 20.5. The zero-order chi connectivity index (χ0) is 21.0. The number of aliphatic hydroxyl groups is 1. The topological polar surface area (TPSA) is 87.2 Å². The molecule has 1 aliphatic heterocycles. The van der Waals surface area contributed by atoms with E-state index in [1.807, 2.05) is 30.3 Å². The zero-order valence-electron chi connectivity index (χ0n) is 16.5. The third-order valence-corrected chi connectivity index (χ3v) is 4.89. The van der Waals surface area contributed by atoms with Gasteiger partial charge in [-0.15, -0.1) is 0 Å². The van der Waals surface area contributed by atoms with Gasteiger partial charge in [0.15, 0.2) is 12.4 Å². The Bertz CT molecular complexity index is 913. The van der Waals surface area contributed by atoms with E-state index in [0.29, 0.717) is 23.5 Å². The van der Waals surface area contributed by atoms with Crippen molar-refractivity contribution in [2.75, 3.05) is 24.7 Å². The highest BCUT2D eigenvalue weighted by Crippen LogP contribution is 2.35. The van der Waals surface area contributed by atoms with Gasteiger partial charge in [0.05, 0.1) is 12.3 Å². The van der Waals surface area contributed by atoms with Crippen molar-refractivity contribution in [1.82, 2.24) is 4.90 Å². The molecule has 0 saturated heterocycles. The van der Waals surface area contributed by atoms with Crippen LogP contribution in [0.1, 0.15) is 29.8 Å². The van der Waals surface area contributed by atoms with Crippen LogP contribution in [0.4, 0.5) is 5.69 Å². The zero-order valence-corrected chi connectivity index (χ0v) is 16.5. The van der Waals surface area contributed by atoms with E-state index in [-0.39, 0.29) is 37.4 Å². The van der Waals surface area contributed by atoms with Crippen LogP contribution < -0.4 is 9.64 Å². The molecule has 7 heteroatoms. The van der Waals surface area contributed by atoms with Crippen LogP contribution >= 0.6 is 0 Å². The summed E-state index contributed by atoms with van der Waals surface area (Å²) in [5.74, 6) is -0.346. The molecule has 1 atom stereocenters. The van der Waals surface area contributed by atoms with Crippen molar-refractivity contribution < 1.29 is 24.2 Å². The summed E-state index contributed by atoms with van der Waals surface area (Å²) in [6, 6.07) is 13.5. The molecule has 0 spiro atoms. The normalized spacial score (nSPS) is 14.0. The van der Waals surface area contributed by atoms with Crippen molar-refractivity contribution >= 4 is 23.3 Å². The van der Waals surface area contributed by atoms with E-state index in [2.05, 4.69) is 0 Å². The van der Waals surface area contributed by atoms with Gasteiger partial charge in [0.25, 0.3) is 5.91 Å². The van der Waals surface area contributed by atoms with Gasteiger partial charge in [0, 0.05) is 18.7 Å². The molecule has 3 rings (SSSR count). The smallest absolute Gasteiger partial charge is 0.265 e. The minimum Gasteiger partial charge on any atom is -0.482 e. The second-order valence-corrected chi connectivity index (χ2v) is 6.94. The van der Waals surface area contributed by atoms with Gasteiger partial charge in [-0.1, -0.05) is 30.3 Å². The van der Waals surface area contributed by atoms with E-state index in [9.17, 15) is 19.5 Å². The SMILES string of the molecule is CC(=O)c1ccc2c(c1)N(C(C)C(=O)N(CCO)Cc1ccccc1)C(=O)CO2. The predicted octanol–water partition coefficient (Wildman–Crippen LogP) is 2.02. The molecular formula is C22H24N2O5. The van der Waals surface area contributed by atoms with Crippen LogP contribution in [0.2, 0.25) is 0 Å². The number of nitrogens with zero attached hydrogens (tertiary/aromatic N) is 2. The highest BCUT2D eigenvalue weighted by Gasteiger charge is 2.35. The monoisotopic (exact) mass is 396 g/mol. The lowest BCUT2D eigenvalue weighted by molar-refractivity contribution is -0.135. The second kappa shape index (κ2) is 8.87. The number of anilines is 1. The summed E-state index contributed by atoms with van der Waals surface area (Å²) in [5.41, 5.74) is 1.76. The fourth-order valence-electron chi connectivity index (χ4n) is 3.38. The minimum atomic E-state index is -0.817. The fraction of sp³-hybridized carbons (Fsp3) is 0.318. The van der Waals surface area contributed by atoms with Crippen molar-refractivity contribution in [3.05, 3.63) is 59.7 Å². The van der Waals surface area contributed by atoms with Crippen molar-refractivity contribution in [1.29, 1.82) is 0 Å². The third-order valence-electron chi connectivity index (χ3n) is 4.89. The summed E-state index contributed by atoms with van der Waals surface area (Å²) in [5, 5.41) is 9.43. The Morgan fingerprint density at radius 2 is 1.93 bits per heavy atom. The first-order valence-electron chi connectivity index (χ1n) is 9.45. The van der Waals surface area contributed by atoms with Gasteiger partial charge in [0.2, 0.25) is 5.91 Å². The van der Waals surface area contributed by atoms with Crippen molar-refractivity contribution in [3.8, 4) is 5.75 Å². The number of benzene rings is 2. The van der Waals surface area contributed by atoms with Crippen LogP contribution in [0.25, 0.3) is 0 Å². The van der Waals surface area contributed by atoms with Crippen LogP contribution in [0.5, 0.6) is 5.75 Å². The Labute approximate surface area is 169 Å². The lowest BCUT2D eigenvalue weighted by atomic mass is 10.1. The summed E-state index contributed by atoms with van der Waals surface area (Å²) in [4.78, 5) is 40.5. The minimum absolute atomic E-state index is 0.143. The number of ketones is 1. The molecule has 1 aliphatic rings. The number of rotatable bonds is 7. The number of aliphatic hydroxyl groups excluding tert-OH is 1. The summed E-state index contributed by atoms with van der Waals surface area (Å²) in [6.07, 6.45) is 0. The van der Waals surface area contributed by atoms with Crippen molar-refractivity contribution in [2.24, 2.45) is 0 Å². The predicted molar refractivity (Wildman–Crippen MR) is 108 cm³/mol. The molecule has 0 saturated carbocycles. The van der Waals surface area contributed by atoms with Gasteiger partial charge >= 0.3 is 0 Å². The van der Waals surface area contributed by atoms with E-state index in [0.717, 1.165) is 5.56 Å². The fourth-order valence-corrected chi connectivity index (χ4v) is 3.38. The number of amides is 2. The van der Waals surface area contributed by atoms with Crippen LogP contribution in [0.15, 0.2) is 48.5 Å². The molecule has 2 aromatic rings. The first-order chi connectivity index (χ1) is 13.9. The summed E-state index contributed by atoms with van der Waals surface area (Å²) < 4.78 is 5.47. The number of Topliss-reactive ketones (excluding diaryl/α,β-unsaturated/α-hetero) is 1. The standard InChI is InChI=1S/C22H24N2O5/c1-15(22(28)23(10-11-25)13-17-6-4-3-5-7-17)24-19-12-18(16(2)26)8-9-20(19)29-14-21(24)27/h3-9,12,15,25H,10-11,13-14H2,1-2H3. The molecule has 0 fully saturated rings. The van der Waals surface area contributed by atoms with Crippen LogP contribution in [-0.4, -0.2) is 53.4 Å². The number of carbonyl (C=O) groups excluding carboxylic acids is 3. The van der Waals surface area contributed by atoms with Gasteiger partial charge in [-0.2, -0.15) is 0 Å². The van der Waals surface area contributed by atoms with Crippen molar-refractivity contribution in [3.63, 3.8) is 0 Å². The van der Waals surface area contributed by atoms with E-state index >= 15 is 0 Å². The van der Waals surface area contributed by atoms with Gasteiger partial charge < -0.3 is 14.7 Å². The maximum atomic E-state index is 13.2. The average Bonchev–Trinajstić information content (AvgIpc) is 2.72. The van der Waals surface area contributed by atoms with Gasteiger partial charge in [-0.05, 0) is 37.6 Å². The van der Waals surface area contributed by atoms with E-state index in [1.54, 1.807) is 25.1 Å². The lowest BCUT2D eigenvalue weighted by Crippen LogP contribution is -2.52. The highest BCUT2D eigenvalue weighted by molar-refractivity contribution is 6.05. The molecule has 2 amide bonds. The summed E-state index contributed by atoms with van der Waals surface area (Å²) in [6.45, 7) is 3.19. The van der Waals surface area contributed by atoms with Gasteiger partial charge in [-0.25, -0.2) is 0 Å². The van der Waals surface area contributed by atoms with Gasteiger partial charge in [-0.3, -0.25) is 19.3 Å². The molecule has 0 aromatic heterocycles. The van der Waals surface area contributed by atoms with Crippen LogP contribution in [0, 0.1) is 0 Å². The van der Waals surface area contributed by atoms with E-state index < -0.39 is 6.04 Å². The summed E-state index contributed by atoms with van der Waals surface area (Å²) in [7, 11) is 0. The Kier molecular flexibility index (Phi) is 6.29. The van der Waals surface area contributed by atoms with E-state index in [1.165, 1.54) is 16.7 Å². The summed E-state index contributed by atoms with van der Waals surface area (Å²) >= 11 is 0. The maximum Gasteiger partial charge on any atom is 0.265 e. The lowest BCUT2D eigenvalue weighted by Gasteiger charge is -2.36. The second-order valence-electron chi connectivity index (χ2n) is 6.94. The average molecular weight is 396 g/mol. The Morgan fingerprint density at radius 1 is 1.21 bits per heavy atom. The maximum absolute atomic E-state index is 13.2. The number of carbonyl (C=O) groups is 3. The first-order valence-corrected chi connectivity index (χ1v) is 9.45. The Morgan fingerprint density at radius 3 is 2.59 bits per heavy atom. The molecule has 152 valence electrons. The molecule has 0 bridgehead atoms. The van der Waals surface area contributed by atoms with E-state index in [4.69, 9.17) is 4.74 Å². The number of fused-ring (bicyclic) bond motifs is 1. The van der Waals surface area contributed by atoms with Crippen molar-refractivity contribution in [2.45, 2.75) is 26.4 Å². The molecule has 7 nitrogen and oxygen atoms in total. The molecule has 1 unspecified atom stereocenters. The molecule has 0 aliphatic carbocycles. The molecule has 0 radical (unpaired) electrons. The quantitative estimate of drug-likeness (QED) is 0.724.